The number of rotatable bonds is 7. The van der Waals surface area contributed by atoms with Crippen LogP contribution < -0.4 is 9.62 Å². The van der Waals surface area contributed by atoms with Crippen LogP contribution >= 0.6 is 0 Å². The highest BCUT2D eigenvalue weighted by atomic mass is 32.2. The summed E-state index contributed by atoms with van der Waals surface area (Å²) in [4.78, 5) is 12.0. The normalized spacial score (nSPS) is 11.2. The molecule has 0 aliphatic rings. The van der Waals surface area contributed by atoms with Crippen LogP contribution in [0, 0.1) is 13.8 Å². The van der Waals surface area contributed by atoms with Gasteiger partial charge in [-0.15, -0.1) is 0 Å². The van der Waals surface area contributed by atoms with Crippen LogP contribution in [0.3, 0.4) is 0 Å². The lowest BCUT2D eigenvalue weighted by atomic mass is 10.1. The van der Waals surface area contributed by atoms with E-state index in [4.69, 9.17) is 0 Å². The van der Waals surface area contributed by atoms with Gasteiger partial charge in [-0.05, 0) is 36.6 Å². The average Bonchev–Trinajstić information content (AvgIpc) is 2.54. The highest BCUT2D eigenvalue weighted by Crippen LogP contribution is 2.24. The molecule has 0 fully saturated rings. The number of nitrogens with one attached hydrogen (secondary N) is 1. The first kappa shape index (κ1) is 19.0. The van der Waals surface area contributed by atoms with E-state index in [2.05, 4.69) is 5.32 Å². The van der Waals surface area contributed by atoms with E-state index in [0.29, 0.717) is 5.69 Å². The Kier molecular flexibility index (Phi) is 6.20. The second-order valence-corrected chi connectivity index (χ2v) is 7.97. The number of hydrogen-bond acceptors (Lipinski definition) is 3. The fraction of sp³-hybridized carbons (Fsp3) is 0.316. The zero-order valence-corrected chi connectivity index (χ0v) is 15.6. The van der Waals surface area contributed by atoms with Crippen LogP contribution in [0.5, 0.6) is 0 Å². The molecule has 0 aromatic heterocycles. The summed E-state index contributed by atoms with van der Waals surface area (Å²) in [6, 6.07) is 15.0. The zero-order chi connectivity index (χ0) is 18.4. The Morgan fingerprint density at radius 1 is 1.04 bits per heavy atom. The van der Waals surface area contributed by atoms with Crippen molar-refractivity contribution in [2.75, 3.05) is 23.7 Å². The van der Waals surface area contributed by atoms with Gasteiger partial charge in [-0.2, -0.15) is 0 Å². The maximum Gasteiger partial charge on any atom is 0.232 e. The van der Waals surface area contributed by atoms with Gasteiger partial charge in [0.1, 0.15) is 0 Å². The standard InChI is InChI=1S/C19H24N2O3S/c1-15-8-7-11-18(16(15)2)21(25(3,23)24)13-12-20-19(22)14-17-9-5-4-6-10-17/h4-11H,12-14H2,1-3H3,(H,20,22). The van der Waals surface area contributed by atoms with Gasteiger partial charge in [0, 0.05) is 6.54 Å². The van der Waals surface area contributed by atoms with Gasteiger partial charge in [0.25, 0.3) is 0 Å². The summed E-state index contributed by atoms with van der Waals surface area (Å²) >= 11 is 0. The lowest BCUT2D eigenvalue weighted by Crippen LogP contribution is -2.39. The predicted molar refractivity (Wildman–Crippen MR) is 101 cm³/mol. The first-order chi connectivity index (χ1) is 11.8. The van der Waals surface area contributed by atoms with Crippen LogP contribution in [-0.4, -0.2) is 33.7 Å². The van der Waals surface area contributed by atoms with E-state index in [1.54, 1.807) is 6.07 Å². The van der Waals surface area contributed by atoms with E-state index in [0.717, 1.165) is 16.7 Å². The van der Waals surface area contributed by atoms with Gasteiger partial charge in [-0.1, -0.05) is 42.5 Å². The summed E-state index contributed by atoms with van der Waals surface area (Å²) in [5.74, 6) is -0.124. The van der Waals surface area contributed by atoms with E-state index >= 15 is 0 Å². The lowest BCUT2D eigenvalue weighted by molar-refractivity contribution is -0.120. The van der Waals surface area contributed by atoms with Crippen molar-refractivity contribution in [2.24, 2.45) is 0 Å². The minimum Gasteiger partial charge on any atom is -0.354 e. The summed E-state index contributed by atoms with van der Waals surface area (Å²) in [5, 5.41) is 2.79. The third-order valence-corrected chi connectivity index (χ3v) is 5.27. The molecular weight excluding hydrogens is 336 g/mol. The second kappa shape index (κ2) is 8.16. The summed E-state index contributed by atoms with van der Waals surface area (Å²) in [6.45, 7) is 4.30. The van der Waals surface area contributed by atoms with Gasteiger partial charge >= 0.3 is 0 Å². The molecule has 0 saturated heterocycles. The topological polar surface area (TPSA) is 66.5 Å². The second-order valence-electron chi connectivity index (χ2n) is 6.07. The molecule has 0 heterocycles. The number of carbonyl (C=O) groups is 1. The lowest BCUT2D eigenvalue weighted by Gasteiger charge is -2.25. The number of amides is 1. The van der Waals surface area contributed by atoms with Crippen molar-refractivity contribution in [2.45, 2.75) is 20.3 Å². The number of sulfonamides is 1. The van der Waals surface area contributed by atoms with Crippen LogP contribution in [0.1, 0.15) is 16.7 Å². The van der Waals surface area contributed by atoms with Crippen LogP contribution in [0.2, 0.25) is 0 Å². The van der Waals surface area contributed by atoms with Crippen LogP contribution in [0.4, 0.5) is 5.69 Å². The van der Waals surface area contributed by atoms with Crippen LogP contribution in [-0.2, 0) is 21.2 Å². The molecule has 1 amide bonds. The molecule has 0 unspecified atom stereocenters. The molecule has 0 spiro atoms. The van der Waals surface area contributed by atoms with Crippen molar-refractivity contribution in [3.05, 3.63) is 65.2 Å². The molecule has 6 heteroatoms. The largest absolute Gasteiger partial charge is 0.354 e. The van der Waals surface area contributed by atoms with Crippen molar-refractivity contribution in [1.29, 1.82) is 0 Å². The Morgan fingerprint density at radius 2 is 1.72 bits per heavy atom. The molecule has 0 radical (unpaired) electrons. The van der Waals surface area contributed by atoms with Gasteiger partial charge in [0.2, 0.25) is 15.9 Å². The molecule has 5 nitrogen and oxygen atoms in total. The number of hydrogen-bond donors (Lipinski definition) is 1. The molecule has 134 valence electrons. The minimum atomic E-state index is -3.43. The molecule has 25 heavy (non-hydrogen) atoms. The third-order valence-electron chi connectivity index (χ3n) is 4.09. The number of carbonyl (C=O) groups excluding carboxylic acids is 1. The van der Waals surface area contributed by atoms with E-state index in [1.807, 2.05) is 56.3 Å². The minimum absolute atomic E-state index is 0.124. The van der Waals surface area contributed by atoms with Crippen molar-refractivity contribution in [3.63, 3.8) is 0 Å². The molecular formula is C19H24N2O3S. The van der Waals surface area contributed by atoms with Crippen molar-refractivity contribution in [1.82, 2.24) is 5.32 Å². The highest BCUT2D eigenvalue weighted by molar-refractivity contribution is 7.92. The first-order valence-electron chi connectivity index (χ1n) is 8.13. The first-order valence-corrected chi connectivity index (χ1v) is 9.98. The van der Waals surface area contributed by atoms with Crippen molar-refractivity contribution >= 4 is 21.6 Å². The molecule has 0 aliphatic carbocycles. The van der Waals surface area contributed by atoms with Crippen molar-refractivity contribution in [3.8, 4) is 0 Å². The number of nitrogens with zero attached hydrogens (tertiary/aromatic N) is 1. The van der Waals surface area contributed by atoms with Gasteiger partial charge in [0.15, 0.2) is 0 Å². The van der Waals surface area contributed by atoms with Gasteiger partial charge in [-0.25, -0.2) is 8.42 Å². The third kappa shape index (κ3) is 5.32. The quantitative estimate of drug-likeness (QED) is 0.825. The summed E-state index contributed by atoms with van der Waals surface area (Å²) in [6.07, 6.45) is 1.46. The molecule has 0 aliphatic heterocycles. The Morgan fingerprint density at radius 3 is 2.36 bits per heavy atom. The molecule has 2 aromatic rings. The Balaban J connectivity index is 2.02. The van der Waals surface area contributed by atoms with E-state index in [-0.39, 0.29) is 25.4 Å². The average molecular weight is 360 g/mol. The van der Waals surface area contributed by atoms with E-state index in [9.17, 15) is 13.2 Å². The molecule has 0 saturated carbocycles. The van der Waals surface area contributed by atoms with Gasteiger partial charge in [-0.3, -0.25) is 9.10 Å². The van der Waals surface area contributed by atoms with Crippen LogP contribution in [0.25, 0.3) is 0 Å². The zero-order valence-electron chi connectivity index (χ0n) is 14.8. The molecule has 2 rings (SSSR count). The van der Waals surface area contributed by atoms with E-state index in [1.165, 1.54) is 10.6 Å². The van der Waals surface area contributed by atoms with Crippen LogP contribution in [0.15, 0.2) is 48.5 Å². The Bertz CT molecular complexity index is 833. The summed E-state index contributed by atoms with van der Waals surface area (Å²) < 4.78 is 25.7. The molecule has 1 N–H and O–H groups in total. The fourth-order valence-electron chi connectivity index (χ4n) is 2.61. The predicted octanol–water partition coefficient (Wildman–Crippen LogP) is 2.43. The number of anilines is 1. The Hall–Kier alpha value is -2.34. The summed E-state index contributed by atoms with van der Waals surface area (Å²) in [5.41, 5.74) is 3.53. The summed E-state index contributed by atoms with van der Waals surface area (Å²) in [7, 11) is -3.43. The van der Waals surface area contributed by atoms with E-state index < -0.39 is 10.0 Å². The van der Waals surface area contributed by atoms with Crippen molar-refractivity contribution < 1.29 is 13.2 Å². The number of aryl methyl sites for hydroxylation is 1. The fourth-order valence-corrected chi connectivity index (χ4v) is 3.59. The highest BCUT2D eigenvalue weighted by Gasteiger charge is 2.19. The maximum absolute atomic E-state index is 12.2. The monoisotopic (exact) mass is 360 g/mol. The maximum atomic E-state index is 12.2. The SMILES string of the molecule is Cc1cccc(N(CCNC(=O)Cc2ccccc2)S(C)(=O)=O)c1C. The number of benzene rings is 2. The molecule has 0 bridgehead atoms. The Labute approximate surface area is 149 Å². The molecule has 2 aromatic carbocycles. The van der Waals surface area contributed by atoms with Gasteiger partial charge < -0.3 is 5.32 Å². The molecule has 0 atom stereocenters. The smallest absolute Gasteiger partial charge is 0.232 e. The van der Waals surface area contributed by atoms with Gasteiger partial charge in [0.05, 0.1) is 24.9 Å².